The lowest BCUT2D eigenvalue weighted by molar-refractivity contribution is -0.148. The Morgan fingerprint density at radius 1 is 0.963 bits per heavy atom. The average molecular weight is 366 g/mol. The van der Waals surface area contributed by atoms with Crippen molar-refractivity contribution >= 4 is 10.8 Å². The highest BCUT2D eigenvalue weighted by molar-refractivity contribution is 5.83. The largest absolute Gasteiger partial charge is 0.457 e. The molecule has 1 unspecified atom stereocenters. The second-order valence-corrected chi connectivity index (χ2v) is 7.85. The van der Waals surface area contributed by atoms with E-state index in [4.69, 9.17) is 9.47 Å². The van der Waals surface area contributed by atoms with Crippen LogP contribution in [0.3, 0.4) is 0 Å². The van der Waals surface area contributed by atoms with Gasteiger partial charge in [0, 0.05) is 18.9 Å². The zero-order valence-electron chi connectivity index (χ0n) is 15.5. The molecule has 1 atom stereocenters. The Morgan fingerprint density at radius 3 is 2.52 bits per heavy atom. The minimum Gasteiger partial charge on any atom is -0.457 e. The predicted octanol–water partition coefficient (Wildman–Crippen LogP) is 5.55. The topological polar surface area (TPSA) is 38.7 Å². The van der Waals surface area contributed by atoms with Crippen molar-refractivity contribution in [3.8, 4) is 11.5 Å². The molecule has 1 aliphatic rings. The van der Waals surface area contributed by atoms with E-state index in [0.717, 1.165) is 10.8 Å². The van der Waals surface area contributed by atoms with Crippen LogP contribution in [-0.2, 0) is 10.3 Å². The van der Waals surface area contributed by atoms with Crippen LogP contribution >= 0.6 is 0 Å². The lowest BCUT2D eigenvalue weighted by Gasteiger charge is -2.41. The van der Waals surface area contributed by atoms with Crippen LogP contribution in [0, 0.1) is 5.82 Å². The second-order valence-electron chi connectivity index (χ2n) is 7.85. The maximum atomic E-state index is 14.3. The van der Waals surface area contributed by atoms with Gasteiger partial charge in [-0.05, 0) is 54.4 Å². The van der Waals surface area contributed by atoms with Gasteiger partial charge >= 0.3 is 0 Å². The molecular weight excluding hydrogens is 343 g/mol. The second kappa shape index (κ2) is 6.63. The van der Waals surface area contributed by atoms with Crippen LogP contribution in [0.15, 0.2) is 60.7 Å². The molecule has 1 heterocycles. The summed E-state index contributed by atoms with van der Waals surface area (Å²) in [5, 5.41) is 13.3. The number of ether oxygens (including phenoxy) is 2. The van der Waals surface area contributed by atoms with Crippen molar-refractivity contribution in [2.75, 3.05) is 6.61 Å². The molecule has 4 rings (SSSR count). The van der Waals surface area contributed by atoms with Crippen LogP contribution < -0.4 is 4.74 Å². The van der Waals surface area contributed by atoms with Crippen molar-refractivity contribution in [2.24, 2.45) is 0 Å². The first-order valence-electron chi connectivity index (χ1n) is 9.17. The lowest BCUT2D eigenvalue weighted by atomic mass is 9.79. The number of hydrogen-bond acceptors (Lipinski definition) is 3. The first-order chi connectivity index (χ1) is 12.8. The number of benzene rings is 3. The first-order valence-corrected chi connectivity index (χ1v) is 9.17. The molecule has 1 fully saturated rings. The maximum absolute atomic E-state index is 14.3. The molecule has 27 heavy (non-hydrogen) atoms. The van der Waals surface area contributed by atoms with Crippen molar-refractivity contribution in [2.45, 2.75) is 37.9 Å². The standard InChI is InChI=1S/C23H23FO3/c1-22(2)15-23(25,9-10-26-22)18-12-19(24)14-21(13-18)27-20-8-7-16-5-3-4-6-17(16)11-20/h3-8,11-14,25H,9-10,15H2,1-2H3. The average Bonchev–Trinajstić information content (AvgIpc) is 2.60. The van der Waals surface area contributed by atoms with Gasteiger partial charge in [-0.2, -0.15) is 0 Å². The molecule has 0 radical (unpaired) electrons. The third-order valence-corrected chi connectivity index (χ3v) is 5.09. The van der Waals surface area contributed by atoms with E-state index in [-0.39, 0.29) is 0 Å². The predicted molar refractivity (Wildman–Crippen MR) is 104 cm³/mol. The van der Waals surface area contributed by atoms with Crippen LogP contribution in [0.4, 0.5) is 4.39 Å². The van der Waals surface area contributed by atoms with E-state index in [1.807, 2.05) is 56.3 Å². The van der Waals surface area contributed by atoms with Gasteiger partial charge in [-0.25, -0.2) is 4.39 Å². The van der Waals surface area contributed by atoms with Crippen LogP contribution in [0.1, 0.15) is 32.3 Å². The normalized spacial score (nSPS) is 21.9. The zero-order chi connectivity index (χ0) is 19.1. The molecule has 0 spiro atoms. The molecule has 0 aliphatic carbocycles. The summed E-state index contributed by atoms with van der Waals surface area (Å²) in [4.78, 5) is 0. The fourth-order valence-electron chi connectivity index (χ4n) is 3.84. The van der Waals surface area contributed by atoms with E-state index in [2.05, 4.69) is 0 Å². The summed E-state index contributed by atoms with van der Waals surface area (Å²) < 4.78 is 25.9. The van der Waals surface area contributed by atoms with Crippen LogP contribution in [0.5, 0.6) is 11.5 Å². The van der Waals surface area contributed by atoms with Gasteiger partial charge in [0.05, 0.1) is 17.8 Å². The quantitative estimate of drug-likeness (QED) is 0.661. The first kappa shape index (κ1) is 18.0. The third-order valence-electron chi connectivity index (χ3n) is 5.09. The van der Waals surface area contributed by atoms with E-state index >= 15 is 0 Å². The van der Waals surface area contributed by atoms with Crippen molar-refractivity contribution in [1.29, 1.82) is 0 Å². The molecule has 0 amide bonds. The Morgan fingerprint density at radius 2 is 1.74 bits per heavy atom. The van der Waals surface area contributed by atoms with Gasteiger partial charge in [0.15, 0.2) is 0 Å². The molecule has 140 valence electrons. The molecule has 4 heteroatoms. The van der Waals surface area contributed by atoms with E-state index in [9.17, 15) is 9.50 Å². The maximum Gasteiger partial charge on any atom is 0.130 e. The Balaban J connectivity index is 1.65. The molecule has 0 aromatic heterocycles. The molecule has 3 aromatic carbocycles. The van der Waals surface area contributed by atoms with Gasteiger partial charge in [0.1, 0.15) is 17.3 Å². The lowest BCUT2D eigenvalue weighted by Crippen LogP contribution is -2.43. The van der Waals surface area contributed by atoms with Crippen molar-refractivity contribution in [3.63, 3.8) is 0 Å². The number of hydrogen-bond donors (Lipinski definition) is 1. The summed E-state index contributed by atoms with van der Waals surface area (Å²) in [6.45, 7) is 4.30. The summed E-state index contributed by atoms with van der Waals surface area (Å²) in [6, 6.07) is 18.2. The molecule has 1 aliphatic heterocycles. The zero-order valence-corrected chi connectivity index (χ0v) is 15.5. The molecule has 1 saturated heterocycles. The Bertz CT molecular complexity index is 982. The fourth-order valence-corrected chi connectivity index (χ4v) is 3.84. The third kappa shape index (κ3) is 3.82. The number of halogens is 1. The summed E-state index contributed by atoms with van der Waals surface area (Å²) in [5.74, 6) is 0.573. The molecule has 3 nitrogen and oxygen atoms in total. The minimum atomic E-state index is -1.13. The van der Waals surface area contributed by atoms with Gasteiger partial charge in [-0.1, -0.05) is 30.3 Å². The van der Waals surface area contributed by atoms with Crippen LogP contribution in [0.25, 0.3) is 10.8 Å². The van der Waals surface area contributed by atoms with Gasteiger partial charge in [-0.15, -0.1) is 0 Å². The molecule has 0 saturated carbocycles. The molecular formula is C23H23FO3. The Hall–Kier alpha value is -2.43. The Labute approximate surface area is 158 Å². The highest BCUT2D eigenvalue weighted by Gasteiger charge is 2.41. The summed E-state index contributed by atoms with van der Waals surface area (Å²) in [6.07, 6.45) is 0.828. The van der Waals surface area contributed by atoms with Crippen molar-refractivity contribution in [1.82, 2.24) is 0 Å². The summed E-state index contributed by atoms with van der Waals surface area (Å²) in [7, 11) is 0. The SMILES string of the molecule is CC1(C)CC(O)(c2cc(F)cc(Oc3ccc4ccccc4c3)c2)CCO1. The number of aliphatic hydroxyl groups is 1. The van der Waals surface area contributed by atoms with Gasteiger partial charge < -0.3 is 14.6 Å². The highest BCUT2D eigenvalue weighted by atomic mass is 19.1. The highest BCUT2D eigenvalue weighted by Crippen LogP contribution is 2.41. The Kier molecular flexibility index (Phi) is 4.41. The fraction of sp³-hybridized carbons (Fsp3) is 0.304. The number of fused-ring (bicyclic) bond motifs is 1. The van der Waals surface area contributed by atoms with E-state index in [1.54, 1.807) is 6.07 Å². The van der Waals surface area contributed by atoms with E-state index in [1.165, 1.54) is 12.1 Å². The molecule has 3 aromatic rings. The molecule has 1 N–H and O–H groups in total. The van der Waals surface area contributed by atoms with Gasteiger partial charge in [-0.3, -0.25) is 0 Å². The smallest absolute Gasteiger partial charge is 0.130 e. The van der Waals surface area contributed by atoms with Gasteiger partial charge in [0.25, 0.3) is 0 Å². The van der Waals surface area contributed by atoms with Gasteiger partial charge in [0.2, 0.25) is 0 Å². The summed E-state index contributed by atoms with van der Waals surface area (Å²) >= 11 is 0. The van der Waals surface area contributed by atoms with Crippen LogP contribution in [0.2, 0.25) is 0 Å². The van der Waals surface area contributed by atoms with E-state index in [0.29, 0.717) is 36.5 Å². The van der Waals surface area contributed by atoms with Crippen LogP contribution in [-0.4, -0.2) is 17.3 Å². The summed E-state index contributed by atoms with van der Waals surface area (Å²) in [5.41, 5.74) is -1.07. The minimum absolute atomic E-state index is 0.373. The van der Waals surface area contributed by atoms with E-state index < -0.39 is 17.0 Å². The molecule has 0 bridgehead atoms. The number of rotatable bonds is 3. The monoisotopic (exact) mass is 366 g/mol. The van der Waals surface area contributed by atoms with Crippen molar-refractivity contribution < 1.29 is 19.0 Å². The van der Waals surface area contributed by atoms with Crippen molar-refractivity contribution in [3.05, 3.63) is 72.0 Å².